The number of benzene rings is 1. The molecule has 1 atom stereocenters. The minimum absolute atomic E-state index is 0.00434. The molecule has 8 heteroatoms. The average Bonchev–Trinajstić information content (AvgIpc) is 3.00. The van der Waals surface area contributed by atoms with Crippen molar-refractivity contribution < 1.29 is 8.78 Å². The minimum Gasteiger partial charge on any atom is -0.384 e. The number of rotatable bonds is 3. The number of nitrogens with zero attached hydrogens (tertiary/aromatic N) is 4. The van der Waals surface area contributed by atoms with Gasteiger partial charge in [0.25, 0.3) is 0 Å². The summed E-state index contributed by atoms with van der Waals surface area (Å²) >= 11 is 0. The molecule has 0 saturated carbocycles. The van der Waals surface area contributed by atoms with Crippen LogP contribution in [0.5, 0.6) is 0 Å². The Morgan fingerprint density at radius 2 is 2.08 bits per heavy atom. The van der Waals surface area contributed by atoms with Crippen molar-refractivity contribution in [2.45, 2.75) is 25.3 Å². The number of hydrogen-bond acceptors (Lipinski definition) is 5. The van der Waals surface area contributed by atoms with Gasteiger partial charge in [-0.15, -0.1) is 0 Å². The standard InChI is InChI=1S/C17H16F2N6/c18-10-4-5-15(12(19)6-10)25-14-3-1-2-13(11(14)8-23-25)24-17-7-16(20)21-9-22-17/h4-9,13H,1-3H2,(H3,20,21,22,24)/t13-/m1/s1. The predicted octanol–water partition coefficient (Wildman–Crippen LogP) is 3.01. The molecule has 0 spiro atoms. The van der Waals surface area contributed by atoms with Gasteiger partial charge >= 0.3 is 0 Å². The summed E-state index contributed by atoms with van der Waals surface area (Å²) in [5.74, 6) is -0.226. The van der Waals surface area contributed by atoms with Crippen molar-refractivity contribution in [3.8, 4) is 5.69 Å². The monoisotopic (exact) mass is 342 g/mol. The Balaban J connectivity index is 1.68. The Labute approximate surface area is 142 Å². The molecule has 0 saturated heterocycles. The molecule has 0 unspecified atom stereocenters. The molecule has 4 rings (SSSR count). The first-order valence-electron chi connectivity index (χ1n) is 7.98. The van der Waals surface area contributed by atoms with Gasteiger partial charge in [-0.2, -0.15) is 5.10 Å². The maximum Gasteiger partial charge on any atom is 0.151 e. The average molecular weight is 342 g/mol. The van der Waals surface area contributed by atoms with E-state index in [1.165, 1.54) is 18.5 Å². The molecule has 0 radical (unpaired) electrons. The van der Waals surface area contributed by atoms with Gasteiger partial charge in [0.1, 0.15) is 29.5 Å². The van der Waals surface area contributed by atoms with Crippen molar-refractivity contribution >= 4 is 11.6 Å². The van der Waals surface area contributed by atoms with Crippen LogP contribution in [0.15, 0.2) is 36.8 Å². The summed E-state index contributed by atoms with van der Waals surface area (Å²) < 4.78 is 28.8. The van der Waals surface area contributed by atoms with Crippen LogP contribution in [-0.2, 0) is 6.42 Å². The van der Waals surface area contributed by atoms with Crippen molar-refractivity contribution in [1.82, 2.24) is 19.7 Å². The molecule has 128 valence electrons. The van der Waals surface area contributed by atoms with Gasteiger partial charge in [-0.1, -0.05) is 0 Å². The zero-order chi connectivity index (χ0) is 17.4. The number of nitrogen functional groups attached to an aromatic ring is 1. The fourth-order valence-corrected chi connectivity index (χ4v) is 3.20. The largest absolute Gasteiger partial charge is 0.384 e. The van der Waals surface area contributed by atoms with E-state index in [0.29, 0.717) is 11.6 Å². The molecular formula is C17H16F2N6. The van der Waals surface area contributed by atoms with Gasteiger partial charge in [0.2, 0.25) is 0 Å². The van der Waals surface area contributed by atoms with E-state index in [2.05, 4.69) is 20.4 Å². The molecule has 6 nitrogen and oxygen atoms in total. The van der Waals surface area contributed by atoms with Crippen molar-refractivity contribution in [2.24, 2.45) is 0 Å². The molecule has 1 aromatic carbocycles. The maximum absolute atomic E-state index is 14.1. The molecule has 1 aliphatic carbocycles. The second kappa shape index (κ2) is 6.12. The van der Waals surface area contributed by atoms with E-state index in [1.54, 1.807) is 16.9 Å². The first kappa shape index (κ1) is 15.5. The first-order chi connectivity index (χ1) is 12.1. The summed E-state index contributed by atoms with van der Waals surface area (Å²) in [7, 11) is 0. The van der Waals surface area contributed by atoms with Crippen LogP contribution in [0.3, 0.4) is 0 Å². The summed E-state index contributed by atoms with van der Waals surface area (Å²) in [4.78, 5) is 8.04. The molecule has 0 amide bonds. The maximum atomic E-state index is 14.1. The van der Waals surface area contributed by atoms with Crippen LogP contribution in [-0.4, -0.2) is 19.7 Å². The van der Waals surface area contributed by atoms with Gasteiger partial charge in [0, 0.05) is 23.4 Å². The van der Waals surface area contributed by atoms with Crippen LogP contribution < -0.4 is 11.1 Å². The number of anilines is 2. The normalized spacial score (nSPS) is 16.5. The predicted molar refractivity (Wildman–Crippen MR) is 89.2 cm³/mol. The Kier molecular flexibility index (Phi) is 3.79. The van der Waals surface area contributed by atoms with Crippen LogP contribution in [0.4, 0.5) is 20.4 Å². The number of aromatic nitrogens is 4. The Hall–Kier alpha value is -3.03. The molecule has 3 aromatic rings. The molecular weight excluding hydrogens is 326 g/mol. The Bertz CT molecular complexity index is 923. The second-order valence-electron chi connectivity index (χ2n) is 5.97. The quantitative estimate of drug-likeness (QED) is 0.765. The van der Waals surface area contributed by atoms with E-state index >= 15 is 0 Å². The van der Waals surface area contributed by atoms with Crippen molar-refractivity contribution in [1.29, 1.82) is 0 Å². The summed E-state index contributed by atoms with van der Waals surface area (Å²) in [5, 5.41) is 7.65. The lowest BCUT2D eigenvalue weighted by atomic mass is 9.93. The van der Waals surface area contributed by atoms with E-state index in [0.717, 1.165) is 36.6 Å². The number of nitrogens with two attached hydrogens (primary N) is 1. The van der Waals surface area contributed by atoms with Crippen LogP contribution in [0.25, 0.3) is 5.69 Å². The fraction of sp³-hybridized carbons (Fsp3) is 0.235. The lowest BCUT2D eigenvalue weighted by molar-refractivity contribution is 0.558. The summed E-state index contributed by atoms with van der Waals surface area (Å²) in [6.07, 6.45) is 5.71. The van der Waals surface area contributed by atoms with Crippen molar-refractivity contribution in [3.63, 3.8) is 0 Å². The summed E-state index contributed by atoms with van der Waals surface area (Å²) in [5.41, 5.74) is 7.82. The van der Waals surface area contributed by atoms with E-state index in [4.69, 9.17) is 5.73 Å². The second-order valence-corrected chi connectivity index (χ2v) is 5.97. The summed E-state index contributed by atoms with van der Waals surface area (Å²) in [6, 6.07) is 5.16. The van der Waals surface area contributed by atoms with Crippen LogP contribution in [0.2, 0.25) is 0 Å². The van der Waals surface area contributed by atoms with Gasteiger partial charge in [-0.05, 0) is 31.4 Å². The topological polar surface area (TPSA) is 81.6 Å². The molecule has 2 heterocycles. The lowest BCUT2D eigenvalue weighted by Crippen LogP contribution is -2.19. The van der Waals surface area contributed by atoms with Gasteiger partial charge < -0.3 is 11.1 Å². The van der Waals surface area contributed by atoms with Crippen molar-refractivity contribution in [3.05, 3.63) is 59.7 Å². The third-order valence-electron chi connectivity index (χ3n) is 4.33. The molecule has 0 bridgehead atoms. The van der Waals surface area contributed by atoms with E-state index < -0.39 is 11.6 Å². The lowest BCUT2D eigenvalue weighted by Gasteiger charge is -2.24. The highest BCUT2D eigenvalue weighted by Gasteiger charge is 2.26. The van der Waals surface area contributed by atoms with E-state index in [9.17, 15) is 8.78 Å². The van der Waals surface area contributed by atoms with Gasteiger partial charge in [0.05, 0.1) is 12.2 Å². The van der Waals surface area contributed by atoms with Gasteiger partial charge in [-0.25, -0.2) is 23.4 Å². The molecule has 0 fully saturated rings. The van der Waals surface area contributed by atoms with Crippen LogP contribution in [0, 0.1) is 11.6 Å². The highest BCUT2D eigenvalue weighted by atomic mass is 19.1. The first-order valence-corrected chi connectivity index (χ1v) is 7.98. The zero-order valence-corrected chi connectivity index (χ0v) is 13.3. The zero-order valence-electron chi connectivity index (χ0n) is 13.3. The fourth-order valence-electron chi connectivity index (χ4n) is 3.20. The SMILES string of the molecule is Nc1cc(N[C@@H]2CCCc3c2cnn3-c2ccc(F)cc2F)ncn1. The van der Waals surface area contributed by atoms with Crippen molar-refractivity contribution in [2.75, 3.05) is 11.1 Å². The molecule has 0 aliphatic heterocycles. The third-order valence-corrected chi connectivity index (χ3v) is 4.33. The number of nitrogens with one attached hydrogen (secondary N) is 1. The van der Waals surface area contributed by atoms with Gasteiger partial charge in [0.15, 0.2) is 5.82 Å². The number of fused-ring (bicyclic) bond motifs is 1. The Morgan fingerprint density at radius 1 is 1.20 bits per heavy atom. The number of halogens is 2. The smallest absolute Gasteiger partial charge is 0.151 e. The minimum atomic E-state index is -0.635. The highest BCUT2D eigenvalue weighted by Crippen LogP contribution is 2.33. The summed E-state index contributed by atoms with van der Waals surface area (Å²) in [6.45, 7) is 0. The molecule has 3 N–H and O–H groups in total. The highest BCUT2D eigenvalue weighted by molar-refractivity contribution is 5.47. The third kappa shape index (κ3) is 2.90. The molecule has 1 aliphatic rings. The Morgan fingerprint density at radius 3 is 2.88 bits per heavy atom. The van der Waals surface area contributed by atoms with Crippen LogP contribution >= 0.6 is 0 Å². The van der Waals surface area contributed by atoms with E-state index in [1.807, 2.05) is 0 Å². The van der Waals surface area contributed by atoms with Crippen LogP contribution in [0.1, 0.15) is 30.1 Å². The molecule has 2 aromatic heterocycles. The number of hydrogen-bond donors (Lipinski definition) is 2. The van der Waals surface area contributed by atoms with Gasteiger partial charge in [-0.3, -0.25) is 0 Å². The van der Waals surface area contributed by atoms with E-state index in [-0.39, 0.29) is 11.7 Å². The molecule has 25 heavy (non-hydrogen) atoms.